The van der Waals surface area contributed by atoms with Crippen LogP contribution >= 0.6 is 0 Å². The zero-order valence-electron chi connectivity index (χ0n) is 15.0. The van der Waals surface area contributed by atoms with Gasteiger partial charge in [-0.1, -0.05) is 50.8 Å². The number of carbonyl (C=O) groups is 3. The lowest BCUT2D eigenvalue weighted by atomic mass is 10.0. The van der Waals surface area contributed by atoms with Crippen molar-refractivity contribution in [2.75, 3.05) is 7.11 Å². The molecule has 1 rings (SSSR count). The molecule has 6 heteroatoms. The molecule has 0 aliphatic heterocycles. The van der Waals surface area contributed by atoms with Crippen LogP contribution in [0.15, 0.2) is 43.0 Å². The highest BCUT2D eigenvalue weighted by Crippen LogP contribution is 2.08. The molecule has 1 aromatic rings. The van der Waals surface area contributed by atoms with Crippen LogP contribution in [0.3, 0.4) is 0 Å². The zero-order chi connectivity index (χ0) is 18.8. The van der Waals surface area contributed by atoms with Crippen molar-refractivity contribution in [3.05, 3.63) is 48.6 Å². The van der Waals surface area contributed by atoms with E-state index >= 15 is 0 Å². The Morgan fingerprint density at radius 2 is 1.76 bits per heavy atom. The smallest absolute Gasteiger partial charge is 0.328 e. The van der Waals surface area contributed by atoms with E-state index in [2.05, 4.69) is 17.2 Å². The van der Waals surface area contributed by atoms with Crippen molar-refractivity contribution in [3.63, 3.8) is 0 Å². The first-order chi connectivity index (χ1) is 11.9. The molecule has 0 saturated heterocycles. The summed E-state index contributed by atoms with van der Waals surface area (Å²) in [6.45, 7) is 7.29. The van der Waals surface area contributed by atoms with E-state index in [0.29, 0.717) is 12.8 Å². The van der Waals surface area contributed by atoms with Gasteiger partial charge < -0.3 is 15.4 Å². The summed E-state index contributed by atoms with van der Waals surface area (Å²) in [5.74, 6) is -1.20. The molecule has 0 bridgehead atoms. The van der Waals surface area contributed by atoms with E-state index in [4.69, 9.17) is 4.74 Å². The van der Waals surface area contributed by atoms with Crippen LogP contribution < -0.4 is 10.6 Å². The first-order valence-corrected chi connectivity index (χ1v) is 8.22. The lowest BCUT2D eigenvalue weighted by Gasteiger charge is -2.23. The Labute approximate surface area is 148 Å². The Hall–Kier alpha value is -2.63. The lowest BCUT2D eigenvalue weighted by molar-refractivity contribution is -0.145. The number of hydrogen-bond donors (Lipinski definition) is 2. The maximum absolute atomic E-state index is 12.6. The van der Waals surface area contributed by atoms with Crippen molar-refractivity contribution in [1.82, 2.24) is 10.6 Å². The van der Waals surface area contributed by atoms with Crippen LogP contribution in [-0.4, -0.2) is 37.0 Å². The molecular weight excluding hydrogens is 320 g/mol. The largest absolute Gasteiger partial charge is 0.467 e. The van der Waals surface area contributed by atoms with Crippen molar-refractivity contribution in [2.24, 2.45) is 5.92 Å². The summed E-state index contributed by atoms with van der Waals surface area (Å²) in [7, 11) is 1.28. The fraction of sp³-hybridized carbons (Fsp3) is 0.421. The van der Waals surface area contributed by atoms with Crippen molar-refractivity contribution >= 4 is 17.8 Å². The Bertz CT molecular complexity index is 599. The monoisotopic (exact) mass is 346 g/mol. The number of rotatable bonds is 9. The molecule has 0 fully saturated rings. The fourth-order valence-corrected chi connectivity index (χ4v) is 2.39. The van der Waals surface area contributed by atoms with E-state index in [1.54, 1.807) is 0 Å². The third-order valence-corrected chi connectivity index (χ3v) is 3.61. The van der Waals surface area contributed by atoms with Crippen LogP contribution in [0.5, 0.6) is 0 Å². The molecule has 0 radical (unpaired) electrons. The zero-order valence-corrected chi connectivity index (χ0v) is 15.0. The van der Waals surface area contributed by atoms with Gasteiger partial charge in [0.05, 0.1) is 7.11 Å². The van der Waals surface area contributed by atoms with Gasteiger partial charge in [-0.2, -0.15) is 0 Å². The van der Waals surface area contributed by atoms with E-state index in [1.807, 2.05) is 44.2 Å². The highest BCUT2D eigenvalue weighted by molar-refractivity contribution is 5.94. The van der Waals surface area contributed by atoms with Gasteiger partial charge in [0, 0.05) is 6.42 Å². The molecule has 0 spiro atoms. The average Bonchev–Trinajstić information content (AvgIpc) is 2.60. The minimum atomic E-state index is -0.824. The molecule has 25 heavy (non-hydrogen) atoms. The van der Waals surface area contributed by atoms with E-state index in [1.165, 1.54) is 7.11 Å². The predicted molar refractivity (Wildman–Crippen MR) is 95.7 cm³/mol. The molecule has 0 unspecified atom stereocenters. The normalized spacial score (nSPS) is 12.8. The summed E-state index contributed by atoms with van der Waals surface area (Å²) in [5.41, 5.74) is 0.897. The summed E-state index contributed by atoms with van der Waals surface area (Å²) in [4.78, 5) is 36.2. The predicted octanol–water partition coefficient (Wildman–Crippen LogP) is 1.60. The van der Waals surface area contributed by atoms with E-state index in [9.17, 15) is 14.4 Å². The van der Waals surface area contributed by atoms with Gasteiger partial charge >= 0.3 is 5.97 Å². The molecule has 136 valence electrons. The Kier molecular flexibility index (Phi) is 8.39. The summed E-state index contributed by atoms with van der Waals surface area (Å²) in [5, 5.41) is 5.29. The number of nitrogens with one attached hydrogen (secondary N) is 2. The second-order valence-electron chi connectivity index (χ2n) is 6.17. The van der Waals surface area contributed by atoms with Crippen molar-refractivity contribution in [2.45, 2.75) is 38.8 Å². The second kappa shape index (κ2) is 10.3. The van der Waals surface area contributed by atoms with E-state index < -0.39 is 29.9 Å². The highest BCUT2D eigenvalue weighted by atomic mass is 16.5. The quantitative estimate of drug-likeness (QED) is 0.525. The van der Waals surface area contributed by atoms with Crippen molar-refractivity contribution in [3.8, 4) is 0 Å². The van der Waals surface area contributed by atoms with E-state index in [-0.39, 0.29) is 5.92 Å². The number of esters is 1. The Morgan fingerprint density at radius 3 is 2.28 bits per heavy atom. The second-order valence-corrected chi connectivity index (χ2v) is 6.17. The summed E-state index contributed by atoms with van der Waals surface area (Å²) >= 11 is 0. The van der Waals surface area contributed by atoms with Gasteiger partial charge in [0.15, 0.2) is 0 Å². The minimum Gasteiger partial charge on any atom is -0.467 e. The maximum Gasteiger partial charge on any atom is 0.328 e. The number of carbonyl (C=O) groups excluding carboxylic acids is 3. The molecule has 0 aromatic heterocycles. The Balaban J connectivity index is 2.87. The summed E-state index contributed by atoms with van der Waals surface area (Å²) in [6.07, 6.45) is 1.87. The molecule has 2 atom stereocenters. The summed E-state index contributed by atoms with van der Waals surface area (Å²) < 4.78 is 4.79. The molecule has 2 amide bonds. The maximum atomic E-state index is 12.6. The molecule has 2 N–H and O–H groups in total. The van der Waals surface area contributed by atoms with Crippen LogP contribution in [0.2, 0.25) is 0 Å². The number of ether oxygens (including phenoxy) is 1. The van der Waals surface area contributed by atoms with Gasteiger partial charge in [-0.3, -0.25) is 9.59 Å². The first-order valence-electron chi connectivity index (χ1n) is 8.22. The average molecular weight is 346 g/mol. The fourth-order valence-electron chi connectivity index (χ4n) is 2.39. The standard InChI is InChI=1S/C19H26N2O4/c1-5-17(22)20-15(11-13(2)3)18(23)21-16(19(24)25-4)12-14-9-7-6-8-10-14/h5-10,13,15-16H,1,11-12H2,2-4H3,(H,20,22)(H,21,23)/t15-,16-/m0/s1. The number of benzene rings is 1. The van der Waals surface area contributed by atoms with Crippen molar-refractivity contribution in [1.29, 1.82) is 0 Å². The van der Waals surface area contributed by atoms with Crippen LogP contribution in [0, 0.1) is 5.92 Å². The number of hydrogen-bond acceptors (Lipinski definition) is 4. The Morgan fingerprint density at radius 1 is 1.12 bits per heavy atom. The van der Waals surface area contributed by atoms with Crippen LogP contribution in [0.1, 0.15) is 25.8 Å². The molecule has 0 aliphatic rings. The molecule has 0 heterocycles. The third-order valence-electron chi connectivity index (χ3n) is 3.61. The van der Waals surface area contributed by atoms with Gasteiger partial charge in [-0.15, -0.1) is 0 Å². The molecule has 0 saturated carbocycles. The molecular formula is C19H26N2O4. The van der Waals surface area contributed by atoms with Gasteiger partial charge in [0.2, 0.25) is 11.8 Å². The van der Waals surface area contributed by atoms with Crippen LogP contribution in [-0.2, 0) is 25.5 Å². The first kappa shape index (κ1) is 20.4. The molecule has 0 aliphatic carbocycles. The topological polar surface area (TPSA) is 84.5 Å². The molecule has 1 aromatic carbocycles. The minimum absolute atomic E-state index is 0.187. The highest BCUT2D eigenvalue weighted by Gasteiger charge is 2.27. The SMILES string of the molecule is C=CC(=O)N[C@@H](CC(C)C)C(=O)N[C@@H](Cc1ccccc1)C(=O)OC. The van der Waals surface area contributed by atoms with E-state index in [0.717, 1.165) is 11.6 Å². The van der Waals surface area contributed by atoms with Crippen molar-refractivity contribution < 1.29 is 19.1 Å². The van der Waals surface area contributed by atoms with Gasteiger partial charge in [0.25, 0.3) is 0 Å². The van der Waals surface area contributed by atoms with Gasteiger partial charge in [0.1, 0.15) is 12.1 Å². The summed E-state index contributed by atoms with van der Waals surface area (Å²) in [6, 6.07) is 7.76. The van der Waals surface area contributed by atoms with Crippen LogP contribution in [0.4, 0.5) is 0 Å². The lowest BCUT2D eigenvalue weighted by Crippen LogP contribution is -2.52. The number of amides is 2. The van der Waals surface area contributed by atoms with Gasteiger partial charge in [-0.05, 0) is 24.0 Å². The van der Waals surface area contributed by atoms with Gasteiger partial charge in [-0.25, -0.2) is 4.79 Å². The third kappa shape index (κ3) is 7.20. The number of methoxy groups -OCH3 is 1. The molecule has 6 nitrogen and oxygen atoms in total. The van der Waals surface area contributed by atoms with Crippen LogP contribution in [0.25, 0.3) is 0 Å².